The lowest BCUT2D eigenvalue weighted by molar-refractivity contribution is 0.733. The Bertz CT molecular complexity index is 2070. The number of rotatable bonds is 6. The summed E-state index contributed by atoms with van der Waals surface area (Å²) in [5, 5.41) is 1.32. The van der Waals surface area contributed by atoms with Gasteiger partial charge in [-0.05, 0) is 89.4 Å². The van der Waals surface area contributed by atoms with E-state index in [1.54, 1.807) is 0 Å². The molecule has 1 aliphatic rings. The van der Waals surface area contributed by atoms with E-state index in [-0.39, 0.29) is 0 Å². The Balaban J connectivity index is 1.11. The summed E-state index contributed by atoms with van der Waals surface area (Å²) in [7, 11) is 0. The second-order valence-corrected chi connectivity index (χ2v) is 11.9. The first-order valence-corrected chi connectivity index (χ1v) is 15.7. The normalized spacial score (nSPS) is 14.2. The molecule has 6 aromatic carbocycles. The summed E-state index contributed by atoms with van der Waals surface area (Å²) in [6.07, 6.45) is 3.45. The molecule has 2 nitrogen and oxygen atoms in total. The van der Waals surface area contributed by atoms with Gasteiger partial charge in [-0.2, -0.15) is 0 Å². The molecule has 0 amide bonds. The van der Waals surface area contributed by atoms with Gasteiger partial charge in [-0.15, -0.1) is 0 Å². The van der Waals surface area contributed by atoms with Gasteiger partial charge in [0.15, 0.2) is 0 Å². The van der Waals surface area contributed by atoms with Crippen molar-refractivity contribution in [3.8, 4) is 16.8 Å². The van der Waals surface area contributed by atoms with Crippen molar-refractivity contribution < 1.29 is 0 Å². The molecule has 8 rings (SSSR count). The van der Waals surface area contributed by atoms with Crippen molar-refractivity contribution in [1.82, 2.24) is 4.57 Å². The molecule has 1 unspecified atom stereocenters. The minimum atomic E-state index is 0.400. The number of hydrogen-bond acceptors (Lipinski definition) is 1. The number of anilines is 3. The van der Waals surface area contributed by atoms with Gasteiger partial charge in [0.1, 0.15) is 0 Å². The Morgan fingerprint density at radius 3 is 1.62 bits per heavy atom. The van der Waals surface area contributed by atoms with Crippen molar-refractivity contribution in [2.24, 2.45) is 0 Å². The van der Waals surface area contributed by atoms with Crippen LogP contribution in [0.5, 0.6) is 0 Å². The molecule has 45 heavy (non-hydrogen) atoms. The largest absolute Gasteiger partial charge is 0.313 e. The number of fused-ring (bicyclic) bond motifs is 3. The van der Waals surface area contributed by atoms with Crippen LogP contribution in [0.1, 0.15) is 36.1 Å². The molecule has 0 N–H and O–H groups in total. The van der Waals surface area contributed by atoms with E-state index in [9.17, 15) is 0 Å². The molecule has 0 spiro atoms. The summed E-state index contributed by atoms with van der Waals surface area (Å²) in [4.78, 5) is 2.30. The van der Waals surface area contributed by atoms with Gasteiger partial charge in [0.2, 0.25) is 0 Å². The van der Waals surface area contributed by atoms with Crippen molar-refractivity contribution in [2.75, 3.05) is 4.90 Å². The smallest absolute Gasteiger partial charge is 0.0537 e. The Labute approximate surface area is 265 Å². The third-order valence-electron chi connectivity index (χ3n) is 9.02. The van der Waals surface area contributed by atoms with Gasteiger partial charge < -0.3 is 9.47 Å². The quantitative estimate of drug-likeness (QED) is 0.191. The Morgan fingerprint density at radius 2 is 1.00 bits per heavy atom. The van der Waals surface area contributed by atoms with E-state index < -0.39 is 0 Å². The summed E-state index contributed by atoms with van der Waals surface area (Å²) < 4.78 is 2.46. The zero-order valence-corrected chi connectivity index (χ0v) is 25.3. The lowest BCUT2D eigenvalue weighted by Gasteiger charge is -2.25. The molecule has 216 valence electrons. The van der Waals surface area contributed by atoms with Crippen LogP contribution in [0, 0.1) is 0 Å². The standard InChI is InChI=1S/C43H34N2/c1-31-29-35(30-41-40-19-11-12-20-42(40)45(43(31)41)38-17-9-4-10-18-38)34-23-21-32(22-24-34)33-25-27-39(28-26-33)44(36-13-5-2-6-14-36)37-15-7-3-8-16-37/h2-28,30-31H,29H2,1H3. The molecule has 1 heterocycles. The third kappa shape index (κ3) is 4.95. The summed E-state index contributed by atoms with van der Waals surface area (Å²) in [5.41, 5.74) is 13.8. The molecule has 0 fully saturated rings. The first kappa shape index (κ1) is 27.0. The van der Waals surface area contributed by atoms with Crippen molar-refractivity contribution in [2.45, 2.75) is 19.3 Å². The summed E-state index contributed by atoms with van der Waals surface area (Å²) >= 11 is 0. The van der Waals surface area contributed by atoms with Crippen LogP contribution in [0.25, 0.3) is 39.4 Å². The van der Waals surface area contributed by atoms with Gasteiger partial charge in [-0.3, -0.25) is 0 Å². The van der Waals surface area contributed by atoms with Crippen LogP contribution < -0.4 is 4.90 Å². The SMILES string of the molecule is CC1CC(c2ccc(-c3ccc(N(c4ccccc4)c4ccccc4)cc3)cc2)=Cc2c1n(-c1ccccc1)c1ccccc21. The summed E-state index contributed by atoms with van der Waals surface area (Å²) in [5.74, 6) is 0.400. The van der Waals surface area contributed by atoms with Crippen molar-refractivity contribution in [3.05, 3.63) is 181 Å². The predicted octanol–water partition coefficient (Wildman–Crippen LogP) is 11.8. The molecule has 0 bridgehead atoms. The molecular formula is C43H34N2. The van der Waals surface area contributed by atoms with Crippen LogP contribution in [-0.4, -0.2) is 4.57 Å². The molecule has 2 heteroatoms. The van der Waals surface area contributed by atoms with E-state index in [0.29, 0.717) is 5.92 Å². The highest BCUT2D eigenvalue weighted by Gasteiger charge is 2.26. The predicted molar refractivity (Wildman–Crippen MR) is 191 cm³/mol. The van der Waals surface area contributed by atoms with Gasteiger partial charge in [0, 0.05) is 45.3 Å². The number of para-hydroxylation sites is 4. The molecule has 1 aromatic heterocycles. The Kier molecular flexibility index (Phi) is 6.88. The highest BCUT2D eigenvalue weighted by molar-refractivity contribution is 5.99. The van der Waals surface area contributed by atoms with E-state index >= 15 is 0 Å². The lowest BCUT2D eigenvalue weighted by atomic mass is 9.84. The van der Waals surface area contributed by atoms with Gasteiger partial charge in [0.25, 0.3) is 0 Å². The maximum atomic E-state index is 2.46. The first-order chi connectivity index (χ1) is 22.2. The first-order valence-electron chi connectivity index (χ1n) is 15.7. The van der Waals surface area contributed by atoms with Crippen LogP contribution in [0.3, 0.4) is 0 Å². The van der Waals surface area contributed by atoms with Gasteiger partial charge >= 0.3 is 0 Å². The molecule has 0 saturated heterocycles. The summed E-state index contributed by atoms with van der Waals surface area (Å²) in [6.45, 7) is 2.37. The molecule has 1 atom stereocenters. The van der Waals surface area contributed by atoms with E-state index in [4.69, 9.17) is 0 Å². The fourth-order valence-electron chi connectivity index (χ4n) is 6.92. The van der Waals surface area contributed by atoms with Gasteiger partial charge in [0.05, 0.1) is 5.52 Å². The van der Waals surface area contributed by atoms with Crippen LogP contribution in [0.15, 0.2) is 164 Å². The topological polar surface area (TPSA) is 8.17 Å². The molecule has 1 aliphatic carbocycles. The Morgan fingerprint density at radius 1 is 0.511 bits per heavy atom. The maximum Gasteiger partial charge on any atom is 0.0537 e. The van der Waals surface area contributed by atoms with Crippen molar-refractivity contribution in [1.29, 1.82) is 0 Å². The van der Waals surface area contributed by atoms with Crippen LogP contribution in [0.4, 0.5) is 17.1 Å². The lowest BCUT2D eigenvalue weighted by Crippen LogP contribution is -2.09. The minimum Gasteiger partial charge on any atom is -0.313 e. The van der Waals surface area contributed by atoms with Gasteiger partial charge in [-0.25, -0.2) is 0 Å². The zero-order valence-electron chi connectivity index (χ0n) is 25.3. The summed E-state index contributed by atoms with van der Waals surface area (Å²) in [6, 6.07) is 58.7. The maximum absolute atomic E-state index is 2.46. The van der Waals surface area contributed by atoms with Crippen molar-refractivity contribution in [3.63, 3.8) is 0 Å². The van der Waals surface area contributed by atoms with Crippen LogP contribution in [-0.2, 0) is 0 Å². The molecule has 0 saturated carbocycles. The number of nitrogens with zero attached hydrogens (tertiary/aromatic N) is 2. The number of hydrogen-bond donors (Lipinski definition) is 0. The van der Waals surface area contributed by atoms with E-state index in [1.807, 2.05) is 0 Å². The average molecular weight is 579 g/mol. The van der Waals surface area contributed by atoms with Crippen LogP contribution in [0.2, 0.25) is 0 Å². The molecule has 0 aliphatic heterocycles. The fraction of sp³-hybridized carbons (Fsp3) is 0.0698. The third-order valence-corrected chi connectivity index (χ3v) is 9.02. The molecule has 0 radical (unpaired) electrons. The second kappa shape index (κ2) is 11.5. The molecule has 7 aromatic rings. The zero-order chi connectivity index (χ0) is 30.2. The monoisotopic (exact) mass is 578 g/mol. The van der Waals surface area contributed by atoms with Crippen molar-refractivity contribution >= 4 is 39.6 Å². The highest BCUT2D eigenvalue weighted by atomic mass is 15.1. The van der Waals surface area contributed by atoms with E-state index in [2.05, 4.69) is 186 Å². The minimum absolute atomic E-state index is 0.400. The average Bonchev–Trinajstić information content (AvgIpc) is 3.45. The van der Waals surface area contributed by atoms with Gasteiger partial charge in [-0.1, -0.05) is 116 Å². The number of allylic oxidation sites excluding steroid dienone is 1. The fourth-order valence-corrected chi connectivity index (χ4v) is 6.92. The molecular weight excluding hydrogens is 544 g/mol. The van der Waals surface area contributed by atoms with E-state index in [0.717, 1.165) is 23.5 Å². The number of aromatic nitrogens is 1. The number of benzene rings is 6. The van der Waals surface area contributed by atoms with Crippen LogP contribution >= 0.6 is 0 Å². The highest BCUT2D eigenvalue weighted by Crippen LogP contribution is 2.44. The second-order valence-electron chi connectivity index (χ2n) is 11.9. The Hall–Kier alpha value is -5.60. The van der Waals surface area contributed by atoms with E-state index in [1.165, 1.54) is 50.1 Å².